The van der Waals surface area contributed by atoms with Gasteiger partial charge in [-0.25, -0.2) is 0 Å². The number of carbonyl (C=O) groups is 2. The number of nitrogens with zero attached hydrogens (tertiary/aromatic N) is 2. The van der Waals surface area contributed by atoms with Crippen LogP contribution < -0.4 is 10.9 Å². The number of thioether (sulfide) groups is 1. The molecule has 0 spiro atoms. The van der Waals surface area contributed by atoms with Gasteiger partial charge in [-0.15, -0.1) is 0 Å². The minimum Gasteiger partial charge on any atom is -0.341 e. The number of nitrogens with one attached hydrogen (secondary N) is 1. The summed E-state index contributed by atoms with van der Waals surface area (Å²) in [6, 6.07) is 11.3. The zero-order valence-electron chi connectivity index (χ0n) is 16.7. The van der Waals surface area contributed by atoms with Gasteiger partial charge < -0.3 is 14.8 Å². The first-order chi connectivity index (χ1) is 14.0. The van der Waals surface area contributed by atoms with E-state index in [4.69, 9.17) is 0 Å². The molecule has 2 aliphatic rings. The zero-order valence-corrected chi connectivity index (χ0v) is 17.5. The molecule has 0 aliphatic carbocycles. The Labute approximate surface area is 174 Å². The number of hydrogen-bond acceptors (Lipinski definition) is 4. The lowest BCUT2D eigenvalue weighted by molar-refractivity contribution is -0.131. The SMILES string of the molecule is CSCC(=O)N1C[C@H]2C[C@H](C1)c1ccc(-c3ccc(NC(C)=O)cc3)c(=O)n1C2. The van der Waals surface area contributed by atoms with Crippen LogP contribution in [0.1, 0.15) is 25.0 Å². The summed E-state index contributed by atoms with van der Waals surface area (Å²) in [4.78, 5) is 38.7. The van der Waals surface area contributed by atoms with E-state index in [0.717, 1.165) is 24.2 Å². The van der Waals surface area contributed by atoms with Gasteiger partial charge in [-0.1, -0.05) is 12.1 Å². The van der Waals surface area contributed by atoms with Gasteiger partial charge in [0, 0.05) is 49.4 Å². The standard InChI is InChI=1S/C22H25N3O3S/c1-14(26)23-18-5-3-16(4-6-18)19-7-8-20-17-9-15(11-25(20)22(19)28)10-24(12-17)21(27)13-29-2/h3-8,15,17H,9-13H2,1-2H3,(H,23,26)/t15-,17-/m1/s1. The summed E-state index contributed by atoms with van der Waals surface area (Å²) in [5.41, 5.74) is 3.27. The predicted molar refractivity (Wildman–Crippen MR) is 116 cm³/mol. The van der Waals surface area contributed by atoms with Crippen molar-refractivity contribution in [3.8, 4) is 11.1 Å². The molecule has 0 saturated carbocycles. The van der Waals surface area contributed by atoms with Crippen LogP contribution in [0.5, 0.6) is 0 Å². The molecule has 2 atom stereocenters. The predicted octanol–water partition coefficient (Wildman–Crippen LogP) is 2.78. The van der Waals surface area contributed by atoms with Gasteiger partial charge in [0.2, 0.25) is 11.8 Å². The lowest BCUT2D eigenvalue weighted by Crippen LogP contribution is -2.49. The smallest absolute Gasteiger partial charge is 0.258 e. The Bertz CT molecular complexity index is 999. The van der Waals surface area contributed by atoms with E-state index in [1.54, 1.807) is 11.8 Å². The number of piperidine rings is 1. The third kappa shape index (κ3) is 3.96. The van der Waals surface area contributed by atoms with Gasteiger partial charge in [-0.3, -0.25) is 14.4 Å². The number of likely N-dealkylation sites (tertiary alicyclic amines) is 1. The van der Waals surface area contributed by atoms with Gasteiger partial charge in [0.25, 0.3) is 5.56 Å². The second-order valence-corrected chi connectivity index (χ2v) is 8.74. The number of anilines is 1. The summed E-state index contributed by atoms with van der Waals surface area (Å²) < 4.78 is 1.91. The van der Waals surface area contributed by atoms with Gasteiger partial charge in [-0.05, 0) is 48.4 Å². The maximum Gasteiger partial charge on any atom is 0.258 e. The Morgan fingerprint density at radius 2 is 1.86 bits per heavy atom. The van der Waals surface area contributed by atoms with Crippen LogP contribution in [0.25, 0.3) is 11.1 Å². The van der Waals surface area contributed by atoms with Crippen molar-refractivity contribution in [2.24, 2.45) is 5.92 Å². The minimum absolute atomic E-state index is 0.0216. The highest BCUT2D eigenvalue weighted by molar-refractivity contribution is 7.99. The van der Waals surface area contributed by atoms with Gasteiger partial charge in [-0.2, -0.15) is 11.8 Å². The van der Waals surface area contributed by atoms with E-state index >= 15 is 0 Å². The maximum absolute atomic E-state index is 13.2. The number of fused-ring (bicyclic) bond motifs is 4. The van der Waals surface area contributed by atoms with E-state index < -0.39 is 0 Å². The van der Waals surface area contributed by atoms with Crippen LogP contribution in [0.3, 0.4) is 0 Å². The van der Waals surface area contributed by atoms with Crippen LogP contribution in [0.4, 0.5) is 5.69 Å². The molecule has 1 N–H and O–H groups in total. The van der Waals surface area contributed by atoms with E-state index in [9.17, 15) is 14.4 Å². The molecule has 0 unspecified atom stereocenters. The fraction of sp³-hybridized carbons (Fsp3) is 0.409. The monoisotopic (exact) mass is 411 g/mol. The topological polar surface area (TPSA) is 71.4 Å². The van der Waals surface area contributed by atoms with Crippen LogP contribution >= 0.6 is 11.8 Å². The van der Waals surface area contributed by atoms with Gasteiger partial charge in [0.15, 0.2) is 0 Å². The average molecular weight is 412 g/mol. The van der Waals surface area contributed by atoms with Gasteiger partial charge >= 0.3 is 0 Å². The molecule has 1 saturated heterocycles. The summed E-state index contributed by atoms with van der Waals surface area (Å²) in [6.45, 7) is 3.56. The first-order valence-electron chi connectivity index (χ1n) is 9.84. The van der Waals surface area contributed by atoms with Crippen LogP contribution in [0.15, 0.2) is 41.2 Å². The second kappa shape index (κ2) is 8.06. The number of benzene rings is 1. The first kappa shape index (κ1) is 19.8. The van der Waals surface area contributed by atoms with Crippen LogP contribution in [0.2, 0.25) is 0 Å². The van der Waals surface area contributed by atoms with Gasteiger partial charge in [0.1, 0.15) is 0 Å². The molecule has 2 amide bonds. The maximum atomic E-state index is 13.2. The van der Waals surface area contributed by atoms with Crippen molar-refractivity contribution in [3.63, 3.8) is 0 Å². The Morgan fingerprint density at radius 3 is 2.55 bits per heavy atom. The van der Waals surface area contributed by atoms with E-state index in [2.05, 4.69) is 5.32 Å². The molecule has 1 fully saturated rings. The van der Waals surface area contributed by atoms with Crippen LogP contribution in [-0.4, -0.2) is 46.4 Å². The number of hydrogen-bond donors (Lipinski definition) is 1. The highest BCUT2D eigenvalue weighted by atomic mass is 32.2. The van der Waals surface area contributed by atoms with Crippen molar-refractivity contribution >= 4 is 29.3 Å². The van der Waals surface area contributed by atoms with E-state index in [1.807, 2.05) is 52.1 Å². The van der Waals surface area contributed by atoms with Crippen molar-refractivity contribution in [3.05, 3.63) is 52.4 Å². The average Bonchev–Trinajstić information content (AvgIpc) is 2.69. The quantitative estimate of drug-likeness (QED) is 0.840. The lowest BCUT2D eigenvalue weighted by Gasteiger charge is -2.43. The molecule has 4 rings (SSSR count). The summed E-state index contributed by atoms with van der Waals surface area (Å²) in [6.07, 6.45) is 2.98. The molecular weight excluding hydrogens is 386 g/mol. The molecule has 2 bridgehead atoms. The number of amides is 2. The van der Waals surface area contributed by atoms with Crippen molar-refractivity contribution in [2.45, 2.75) is 25.8 Å². The number of carbonyl (C=O) groups excluding carboxylic acids is 2. The van der Waals surface area contributed by atoms with Crippen molar-refractivity contribution < 1.29 is 9.59 Å². The molecule has 29 heavy (non-hydrogen) atoms. The van der Waals surface area contributed by atoms with Crippen molar-refractivity contribution in [1.29, 1.82) is 0 Å². The van der Waals surface area contributed by atoms with Gasteiger partial charge in [0.05, 0.1) is 5.75 Å². The summed E-state index contributed by atoms with van der Waals surface area (Å²) in [5, 5.41) is 2.74. The molecule has 1 aromatic carbocycles. The highest BCUT2D eigenvalue weighted by Crippen LogP contribution is 2.36. The fourth-order valence-corrected chi connectivity index (χ4v) is 4.95. The lowest BCUT2D eigenvalue weighted by atomic mass is 9.82. The molecule has 2 aliphatic heterocycles. The number of rotatable bonds is 4. The van der Waals surface area contributed by atoms with Crippen molar-refractivity contribution in [2.75, 3.05) is 30.4 Å². The van der Waals surface area contributed by atoms with E-state index in [-0.39, 0.29) is 23.3 Å². The molecule has 7 heteroatoms. The molecular formula is C22H25N3O3S. The Balaban J connectivity index is 1.62. The molecule has 3 heterocycles. The summed E-state index contributed by atoms with van der Waals surface area (Å²) >= 11 is 1.55. The minimum atomic E-state index is -0.122. The van der Waals surface area contributed by atoms with Crippen LogP contribution in [0, 0.1) is 5.92 Å². The Hall–Kier alpha value is -2.54. The molecule has 1 aromatic heterocycles. The zero-order chi connectivity index (χ0) is 20.5. The Morgan fingerprint density at radius 1 is 1.10 bits per heavy atom. The number of aromatic nitrogens is 1. The third-order valence-corrected chi connectivity index (χ3v) is 6.28. The molecule has 6 nitrogen and oxygen atoms in total. The van der Waals surface area contributed by atoms with Crippen molar-refractivity contribution in [1.82, 2.24) is 9.47 Å². The second-order valence-electron chi connectivity index (χ2n) is 7.88. The fourth-order valence-electron chi connectivity index (χ4n) is 4.52. The van der Waals surface area contributed by atoms with E-state index in [1.165, 1.54) is 6.92 Å². The normalized spacial score (nSPS) is 20.1. The molecule has 2 aromatic rings. The summed E-state index contributed by atoms with van der Waals surface area (Å²) in [7, 11) is 0. The Kier molecular flexibility index (Phi) is 5.50. The van der Waals surface area contributed by atoms with E-state index in [0.29, 0.717) is 36.0 Å². The first-order valence-corrected chi connectivity index (χ1v) is 11.2. The van der Waals surface area contributed by atoms with Crippen LogP contribution in [-0.2, 0) is 16.1 Å². The highest BCUT2D eigenvalue weighted by Gasteiger charge is 2.36. The summed E-state index contributed by atoms with van der Waals surface area (Å²) in [5.74, 6) is 1.13. The third-order valence-electron chi connectivity index (χ3n) is 5.74. The molecule has 0 radical (unpaired) electrons. The molecule has 152 valence electrons. The number of pyridine rings is 1. The largest absolute Gasteiger partial charge is 0.341 e.